The third-order valence-corrected chi connectivity index (χ3v) is 21.7. The molecule has 1 aliphatic carbocycles. The molecule has 9 aromatic rings. The Hall–Kier alpha value is -9.48. The van der Waals surface area contributed by atoms with E-state index in [1.165, 1.54) is 52.5 Å². The number of fused-ring (bicyclic) bond motifs is 2. The second-order valence-corrected chi connectivity index (χ2v) is 32.4. The Bertz CT molecular complexity index is 4130. The van der Waals surface area contributed by atoms with Crippen LogP contribution >= 0.6 is 0 Å². The van der Waals surface area contributed by atoms with Crippen molar-refractivity contribution in [1.82, 2.24) is 0 Å². The lowest BCUT2D eigenvalue weighted by molar-refractivity contribution is -0.163. The molecule has 0 heterocycles. The number of rotatable bonds is 23. The van der Waals surface area contributed by atoms with Crippen molar-refractivity contribution in [3.63, 3.8) is 0 Å². The highest BCUT2D eigenvalue weighted by molar-refractivity contribution is 5.85. The fraction of sp³-hybridized carbons (Fsp3) is 0.509. The van der Waals surface area contributed by atoms with Crippen molar-refractivity contribution < 1.29 is 53.4 Å². The van der Waals surface area contributed by atoms with Crippen LogP contribution in [-0.2, 0) is 46.2 Å². The fourth-order valence-corrected chi connectivity index (χ4v) is 11.1. The number of aromatic hydroxyl groups is 3. The van der Waals surface area contributed by atoms with E-state index in [1.54, 1.807) is 36.4 Å². The molecule has 3 N–H and O–H groups in total. The van der Waals surface area contributed by atoms with E-state index >= 15 is 0 Å². The lowest BCUT2D eigenvalue weighted by Crippen LogP contribution is -2.28. The number of phenolic OH excluding ortho intramolecular Hbond substituents is 3. The molecule has 0 radical (unpaired) electrons. The van der Waals surface area contributed by atoms with Gasteiger partial charge in [0.05, 0.1) is 21.7 Å². The molecule has 0 bridgehead atoms. The standard InChI is InChI=1S/C18H26O2.C18H20O2.C16H24O2.C14H20O2.C14H16O.2C10H14O.14CH4/c1-5-18(3,4)17(19)20-13(2)15-11-10-14-8-6-7-9-16(14)12-15;1-4-18(2,3)17(19)20-16-12-10-15(11-13-16)14-8-6-5-7-9-14;1-6-16(4,5)15(17)18-14(12(2)3)13-10-8-7-9-11-13;1-5-14(3,4)13(15)16-11(2)12-9-7-6-8-10-12;1-3-10(2)11-4-5-13-9-14(15)7-6-12(13)8-11;2*1-3-8(2)9-4-6-10(11)7-5-9;;;;;;;;;;;;;;/h10-13H,5-9H2,1-4H3;5-13H,4H2,1-3H3;7-12,14H,6H2,1-5H3;6-11H,5H2,1-4H3;4-10,15H,3H2,1-2H3;2*4-8,11H,3H2,1-2H3;14*1H4. The third-order valence-electron chi connectivity index (χ3n) is 21.7. The van der Waals surface area contributed by atoms with Gasteiger partial charge in [-0.1, -0.05) is 357 Å². The monoisotopic (exact) mass is 1740 g/mol. The third kappa shape index (κ3) is 46.5. The molecule has 0 fully saturated rings. The fourth-order valence-electron chi connectivity index (χ4n) is 11.1. The quantitative estimate of drug-likeness (QED) is 0.0317. The second kappa shape index (κ2) is 68.7. The molecule has 712 valence electrons. The molecule has 0 saturated carbocycles. The minimum atomic E-state index is -0.446. The minimum Gasteiger partial charge on any atom is -0.508 e. The molecule has 0 spiro atoms. The summed E-state index contributed by atoms with van der Waals surface area (Å²) in [4.78, 5) is 48.2. The van der Waals surface area contributed by atoms with E-state index in [0.717, 1.165) is 84.6 Å². The van der Waals surface area contributed by atoms with E-state index in [1.807, 2.05) is 230 Å². The van der Waals surface area contributed by atoms with E-state index in [2.05, 4.69) is 104 Å². The van der Waals surface area contributed by atoms with Crippen LogP contribution in [0.3, 0.4) is 0 Å². The first kappa shape index (κ1) is 139. The van der Waals surface area contributed by atoms with Crippen molar-refractivity contribution in [2.45, 2.75) is 363 Å². The van der Waals surface area contributed by atoms with Crippen LogP contribution in [0.4, 0.5) is 0 Å². The molecule has 0 aromatic heterocycles. The van der Waals surface area contributed by atoms with Crippen molar-refractivity contribution >= 4 is 34.6 Å². The van der Waals surface area contributed by atoms with Gasteiger partial charge in [0.15, 0.2) is 0 Å². The predicted molar refractivity (Wildman–Crippen MR) is 555 cm³/mol. The van der Waals surface area contributed by atoms with Gasteiger partial charge in [0, 0.05) is 0 Å². The van der Waals surface area contributed by atoms with Gasteiger partial charge < -0.3 is 34.3 Å². The Kier molecular flexibility index (Phi) is 76.3. The minimum absolute atomic E-state index is 0. The molecule has 6 unspecified atom stereocenters. The van der Waals surface area contributed by atoms with Crippen LogP contribution in [0.2, 0.25) is 0 Å². The van der Waals surface area contributed by atoms with Crippen molar-refractivity contribution in [3.05, 3.63) is 263 Å². The zero-order valence-electron chi connectivity index (χ0n) is 71.2. The molecule has 0 aliphatic heterocycles. The topological polar surface area (TPSA) is 166 Å². The maximum atomic E-state index is 12.2. The molecule has 125 heavy (non-hydrogen) atoms. The molecule has 11 heteroatoms. The van der Waals surface area contributed by atoms with Crippen LogP contribution in [-0.4, -0.2) is 39.2 Å². The van der Waals surface area contributed by atoms with Crippen molar-refractivity contribution in [1.29, 1.82) is 0 Å². The van der Waals surface area contributed by atoms with Gasteiger partial charge in [-0.15, -0.1) is 0 Å². The number of aryl methyl sites for hydroxylation is 2. The van der Waals surface area contributed by atoms with Crippen LogP contribution < -0.4 is 4.74 Å². The van der Waals surface area contributed by atoms with Gasteiger partial charge in [0.2, 0.25) is 0 Å². The highest BCUT2D eigenvalue weighted by Gasteiger charge is 2.33. The number of carbonyl (C=O) groups excluding carboxylic acids is 4. The van der Waals surface area contributed by atoms with E-state index in [9.17, 15) is 24.3 Å². The van der Waals surface area contributed by atoms with E-state index in [4.69, 9.17) is 29.2 Å². The number of carbonyl (C=O) groups is 4. The normalized spacial score (nSPS) is 11.9. The molecule has 10 rings (SSSR count). The summed E-state index contributed by atoms with van der Waals surface area (Å²) in [5, 5.41) is 29.7. The van der Waals surface area contributed by atoms with Crippen LogP contribution in [0.25, 0.3) is 21.9 Å². The summed E-state index contributed by atoms with van der Waals surface area (Å²) in [5.41, 5.74) is 10.7. The molecule has 9 aromatic carbocycles. The first-order valence-electron chi connectivity index (χ1n) is 40.5. The number of phenols is 3. The van der Waals surface area contributed by atoms with Gasteiger partial charge in [-0.3, -0.25) is 19.2 Å². The molecule has 11 nitrogen and oxygen atoms in total. The van der Waals surface area contributed by atoms with Crippen LogP contribution in [0.15, 0.2) is 218 Å². The summed E-state index contributed by atoms with van der Waals surface area (Å²) >= 11 is 0. The molecule has 1 aliphatic rings. The van der Waals surface area contributed by atoms with Gasteiger partial charge in [0.1, 0.15) is 41.3 Å². The zero-order chi connectivity index (χ0) is 82.7. The molecule has 0 saturated heterocycles. The van der Waals surface area contributed by atoms with Gasteiger partial charge in [0.25, 0.3) is 0 Å². The Balaban J connectivity index is -0.000000133. The SMILES string of the molecule is C.C.C.C.C.C.C.C.C.C.C.C.C.C.CCC(C)(C)C(=O)OC(C)c1ccc2c(c1)CCCC2.CCC(C)(C)C(=O)OC(C)c1ccccc1.CCC(C)(C)C(=O)OC(c1ccccc1)C(C)C.CCC(C)(C)C(=O)Oc1ccc(-c2ccccc2)cc1.CCC(C)c1ccc(O)cc1.CCC(C)c1ccc(O)cc1.CCC(C)c1ccc2cc(O)ccc2c1. The average Bonchev–Trinajstić information content (AvgIpc) is 0.812. The highest BCUT2D eigenvalue weighted by Crippen LogP contribution is 2.35. The summed E-state index contributed by atoms with van der Waals surface area (Å²) in [6, 6.07) is 70.8. The van der Waals surface area contributed by atoms with E-state index < -0.39 is 21.7 Å². The number of esters is 4. The molecular formula is C114H190O11. The Morgan fingerprint density at radius 3 is 1.01 bits per heavy atom. The summed E-state index contributed by atoms with van der Waals surface area (Å²) < 4.78 is 22.2. The Morgan fingerprint density at radius 1 is 0.304 bits per heavy atom. The van der Waals surface area contributed by atoms with E-state index in [0.29, 0.717) is 40.8 Å². The highest BCUT2D eigenvalue weighted by atomic mass is 16.6. The Morgan fingerprint density at radius 2 is 0.616 bits per heavy atom. The number of hydrogen-bond acceptors (Lipinski definition) is 11. The first-order valence-corrected chi connectivity index (χ1v) is 40.5. The van der Waals surface area contributed by atoms with Gasteiger partial charge in [-0.05, 0) is 278 Å². The van der Waals surface area contributed by atoms with Gasteiger partial charge in [-0.25, -0.2) is 0 Å². The lowest BCUT2D eigenvalue weighted by Gasteiger charge is -2.27. The van der Waals surface area contributed by atoms with Gasteiger partial charge in [-0.2, -0.15) is 0 Å². The number of benzene rings is 9. The predicted octanol–water partition coefficient (Wildman–Crippen LogP) is 36.2. The smallest absolute Gasteiger partial charge is 0.316 e. The van der Waals surface area contributed by atoms with Crippen molar-refractivity contribution in [3.8, 4) is 34.1 Å². The maximum Gasteiger partial charge on any atom is 0.316 e. The molecular weight excluding hydrogens is 1550 g/mol. The van der Waals surface area contributed by atoms with Crippen LogP contribution in [0.1, 0.15) is 395 Å². The number of hydrogen-bond donors (Lipinski definition) is 3. The summed E-state index contributed by atoms with van der Waals surface area (Å²) in [6.07, 6.45) is 11.0. The van der Waals surface area contributed by atoms with Crippen molar-refractivity contribution in [2.24, 2.45) is 27.6 Å². The summed E-state index contributed by atoms with van der Waals surface area (Å²) in [6.45, 7) is 44.5. The maximum absolute atomic E-state index is 12.2. The van der Waals surface area contributed by atoms with Crippen LogP contribution in [0, 0.1) is 27.6 Å². The number of ether oxygens (including phenoxy) is 4. The second-order valence-electron chi connectivity index (χ2n) is 32.4. The van der Waals surface area contributed by atoms with E-state index in [-0.39, 0.29) is 152 Å². The summed E-state index contributed by atoms with van der Waals surface area (Å²) in [5.74, 6) is 3.12. The van der Waals surface area contributed by atoms with Gasteiger partial charge >= 0.3 is 23.9 Å². The van der Waals surface area contributed by atoms with Crippen molar-refractivity contribution in [2.75, 3.05) is 0 Å². The zero-order valence-corrected chi connectivity index (χ0v) is 71.2. The first-order chi connectivity index (χ1) is 52.5. The average molecular weight is 1740 g/mol. The lowest BCUT2D eigenvalue weighted by atomic mass is 9.89. The largest absolute Gasteiger partial charge is 0.508 e. The molecule has 0 amide bonds. The summed E-state index contributed by atoms with van der Waals surface area (Å²) in [7, 11) is 0. The Labute approximate surface area is 771 Å². The molecule has 6 atom stereocenters. The van der Waals surface area contributed by atoms with Crippen LogP contribution in [0.5, 0.6) is 23.0 Å².